The van der Waals surface area contributed by atoms with Crippen molar-refractivity contribution in [1.29, 1.82) is 0 Å². The van der Waals surface area contributed by atoms with Crippen LogP contribution < -0.4 is 39.5 Å². The summed E-state index contributed by atoms with van der Waals surface area (Å²) in [7, 11) is 1.83. The number of likely N-dealkylation sites (N-methyl/N-ethyl adjacent to an activating group) is 1. The van der Waals surface area contributed by atoms with Gasteiger partial charge in [-0.15, -0.1) is 0 Å². The number of benzene rings is 5. The molecule has 5 aromatic carbocycles. The van der Waals surface area contributed by atoms with Gasteiger partial charge in [-0.05, 0) is 147 Å². The van der Waals surface area contributed by atoms with E-state index in [0.29, 0.717) is 70.3 Å². The summed E-state index contributed by atoms with van der Waals surface area (Å²) in [4.78, 5) is 88.2. The van der Waals surface area contributed by atoms with E-state index < -0.39 is 43.8 Å². The molecule has 1 unspecified atom stereocenters. The average Bonchev–Trinajstić information content (AvgIpc) is 1.80. The van der Waals surface area contributed by atoms with Crippen molar-refractivity contribution in [2.24, 2.45) is 11.8 Å². The third-order valence-electron chi connectivity index (χ3n) is 16.5. The standard InChI is InChI=1S/C65H77N5O12S3/c1-10-54(71)59(85(77,78)79)22-24-83-84-65(6,7)23-21-60(73)67-61(38(2)3)55(72)26-40(5)62(74)66-46-28-41(36-81-56-34-53-50(25-39(56)4)64(76)70-48(35-68(53)8)31-45-16-12-14-18-52(45)70)27-42(29-46)37-82-58-32-43-19-20-47-30-44-15-11-13-17-51(44)69(47)63(75)49(43)33-57(58)80-9/h11-18,25,27-29,32-34,38,40,47-48,59,61H,10,19-24,26,30-31,35-37H2,1-9H3,(H,66,74)(H,67,73)(H,77,78,79)/t40-,47-,48+,59?,61+/m1/s1. The van der Waals surface area contributed by atoms with E-state index in [1.54, 1.807) is 33.1 Å². The molecule has 5 atom stereocenters. The molecule has 0 fully saturated rings. The van der Waals surface area contributed by atoms with Gasteiger partial charge < -0.3 is 39.5 Å². The van der Waals surface area contributed by atoms with Crippen molar-refractivity contribution in [3.63, 3.8) is 0 Å². The SMILES string of the molecule is CCC(=O)C(CCSSC(C)(C)CCC(=O)N[C@H](C(=O)C[C@@H](C)C(=O)Nc1cc(COc2cc3c(cc2C)C(=O)N2c4ccccc4C[C@H]2CN3C)cc(COc2cc3c(cc2OC)C(=O)N2c4ccccc4C[C@H]2CC3)c1)C(C)C)S(=O)(=O)O. The number of anilines is 4. The van der Waals surface area contributed by atoms with Crippen LogP contribution in [0.25, 0.3) is 0 Å². The Labute approximate surface area is 506 Å². The highest BCUT2D eigenvalue weighted by Gasteiger charge is 2.41. The monoisotopic (exact) mass is 1220 g/mol. The average molecular weight is 1220 g/mol. The van der Waals surface area contributed by atoms with Crippen LogP contribution in [0.1, 0.15) is 134 Å². The van der Waals surface area contributed by atoms with Crippen LogP contribution in [0.3, 0.4) is 0 Å². The van der Waals surface area contributed by atoms with Crippen molar-refractivity contribution < 1.29 is 55.9 Å². The number of nitrogens with zero attached hydrogens (tertiary/aromatic N) is 3. The van der Waals surface area contributed by atoms with E-state index in [-0.39, 0.29) is 80.4 Å². The highest BCUT2D eigenvalue weighted by Crippen LogP contribution is 2.43. The molecule has 452 valence electrons. The van der Waals surface area contributed by atoms with E-state index in [4.69, 9.17) is 14.2 Å². The smallest absolute Gasteiger partial charge is 0.275 e. The summed E-state index contributed by atoms with van der Waals surface area (Å²) in [5, 5.41) is 4.48. The van der Waals surface area contributed by atoms with Crippen LogP contribution in [0.4, 0.5) is 22.7 Å². The van der Waals surface area contributed by atoms with Gasteiger partial charge in [-0.25, -0.2) is 0 Å². The highest BCUT2D eigenvalue weighted by molar-refractivity contribution is 8.77. The molecule has 0 radical (unpaired) electrons. The lowest BCUT2D eigenvalue weighted by atomic mass is 9.92. The second-order valence-corrected chi connectivity index (χ2v) is 28.5. The Hall–Kier alpha value is -6.87. The third kappa shape index (κ3) is 14.4. The summed E-state index contributed by atoms with van der Waals surface area (Å²) < 4.78 is 51.7. The second kappa shape index (κ2) is 26.4. The van der Waals surface area contributed by atoms with E-state index >= 15 is 0 Å². The first kappa shape index (κ1) is 62.7. The Morgan fingerprint density at radius 1 is 0.776 bits per heavy atom. The number of nitrogens with one attached hydrogen (secondary N) is 2. The van der Waals surface area contributed by atoms with Gasteiger partial charge >= 0.3 is 0 Å². The zero-order valence-corrected chi connectivity index (χ0v) is 52.3. The van der Waals surface area contributed by atoms with Gasteiger partial charge in [0.1, 0.15) is 24.2 Å². The molecule has 0 aromatic heterocycles. The molecular formula is C65H77N5O12S3. The Morgan fingerprint density at radius 3 is 2.04 bits per heavy atom. The summed E-state index contributed by atoms with van der Waals surface area (Å²) >= 11 is 0. The minimum absolute atomic E-state index is 0.00553. The molecule has 0 saturated carbocycles. The van der Waals surface area contributed by atoms with Gasteiger partial charge in [0.2, 0.25) is 11.8 Å². The number of amides is 4. The number of hydrogen-bond acceptors (Lipinski definition) is 14. The number of ketones is 2. The van der Waals surface area contributed by atoms with Crippen LogP contribution in [0.15, 0.2) is 91.0 Å². The number of hydrogen-bond donors (Lipinski definition) is 3. The number of para-hydroxylation sites is 2. The molecule has 0 aliphatic carbocycles. The third-order valence-corrected chi connectivity index (χ3v) is 21.1. The van der Waals surface area contributed by atoms with Gasteiger partial charge in [0.25, 0.3) is 21.9 Å². The summed E-state index contributed by atoms with van der Waals surface area (Å²) in [6.45, 7) is 13.4. The van der Waals surface area contributed by atoms with E-state index in [0.717, 1.165) is 58.6 Å². The number of methoxy groups -OCH3 is 1. The van der Waals surface area contributed by atoms with Gasteiger partial charge in [-0.1, -0.05) is 85.7 Å². The highest BCUT2D eigenvalue weighted by atomic mass is 33.1. The molecule has 0 bridgehead atoms. The zero-order chi connectivity index (χ0) is 61.1. The van der Waals surface area contributed by atoms with Crippen LogP contribution in [-0.2, 0) is 61.8 Å². The maximum Gasteiger partial charge on any atom is 0.275 e. The lowest BCUT2D eigenvalue weighted by molar-refractivity contribution is -0.131. The molecule has 4 amide bonds. The topological polar surface area (TPSA) is 218 Å². The first-order valence-corrected chi connectivity index (χ1v) is 33.0. The molecule has 20 heteroatoms. The molecule has 5 aromatic rings. The van der Waals surface area contributed by atoms with Crippen molar-refractivity contribution in [1.82, 2.24) is 5.32 Å². The summed E-state index contributed by atoms with van der Waals surface area (Å²) in [5.41, 5.74) is 9.59. The predicted molar refractivity (Wildman–Crippen MR) is 335 cm³/mol. The Balaban J connectivity index is 0.890. The Kier molecular flexibility index (Phi) is 19.5. The number of Topliss-reactive ketones (excluding diaryl/α,β-unsaturated/α-hetero) is 2. The van der Waals surface area contributed by atoms with Crippen LogP contribution in [0.2, 0.25) is 0 Å². The number of fused-ring (bicyclic) bond motifs is 8. The van der Waals surface area contributed by atoms with Crippen LogP contribution >= 0.6 is 21.6 Å². The summed E-state index contributed by atoms with van der Waals surface area (Å²) in [5.74, 6) is -1.04. The quantitative estimate of drug-likeness (QED) is 0.0281. The molecule has 17 nitrogen and oxygen atoms in total. The first-order chi connectivity index (χ1) is 40.4. The molecule has 85 heavy (non-hydrogen) atoms. The zero-order valence-electron chi connectivity index (χ0n) is 49.8. The number of carbonyl (C=O) groups is 6. The van der Waals surface area contributed by atoms with Crippen molar-refractivity contribution in [2.45, 2.75) is 148 Å². The number of rotatable bonds is 25. The van der Waals surface area contributed by atoms with Gasteiger partial charge in [0, 0.05) is 84.0 Å². The van der Waals surface area contributed by atoms with E-state index in [2.05, 4.69) is 27.7 Å². The maximum absolute atomic E-state index is 14.3. The van der Waals surface area contributed by atoms with Crippen LogP contribution in [0, 0.1) is 18.8 Å². The minimum atomic E-state index is -4.52. The van der Waals surface area contributed by atoms with E-state index in [1.165, 1.54) is 21.6 Å². The molecule has 0 spiro atoms. The van der Waals surface area contributed by atoms with Gasteiger partial charge in [0.05, 0.1) is 30.4 Å². The number of aryl methyl sites for hydroxylation is 2. The van der Waals surface area contributed by atoms with Gasteiger partial charge in [-0.3, -0.25) is 33.3 Å². The second-order valence-electron chi connectivity index (χ2n) is 23.8. The fourth-order valence-corrected chi connectivity index (χ4v) is 15.7. The molecule has 3 N–H and O–H groups in total. The van der Waals surface area contributed by atoms with E-state index in [9.17, 15) is 41.7 Å². The number of carbonyl (C=O) groups excluding carboxylic acids is 6. The minimum Gasteiger partial charge on any atom is -0.493 e. The van der Waals surface area contributed by atoms with Crippen molar-refractivity contribution in [2.75, 3.05) is 46.5 Å². The molecule has 9 rings (SSSR count). The lowest BCUT2D eigenvalue weighted by Crippen LogP contribution is -2.45. The lowest BCUT2D eigenvalue weighted by Gasteiger charge is -2.25. The van der Waals surface area contributed by atoms with Crippen molar-refractivity contribution >= 4 is 89.7 Å². The maximum atomic E-state index is 14.3. The van der Waals surface area contributed by atoms with Crippen LogP contribution in [0.5, 0.6) is 17.2 Å². The Morgan fingerprint density at radius 2 is 1.40 bits per heavy atom. The molecule has 0 saturated heterocycles. The molecular weight excluding hydrogens is 1140 g/mol. The largest absolute Gasteiger partial charge is 0.493 e. The van der Waals surface area contributed by atoms with Gasteiger partial charge in [-0.2, -0.15) is 8.42 Å². The van der Waals surface area contributed by atoms with Crippen molar-refractivity contribution in [3.05, 3.63) is 136 Å². The fraction of sp³-hybridized carbons (Fsp3) is 0.446. The van der Waals surface area contributed by atoms with Crippen molar-refractivity contribution in [3.8, 4) is 17.2 Å². The normalized spacial score (nSPS) is 17.3. The number of ether oxygens (including phenoxy) is 3. The van der Waals surface area contributed by atoms with Gasteiger partial charge in [0.15, 0.2) is 23.1 Å². The molecule has 4 aliphatic rings. The van der Waals surface area contributed by atoms with E-state index in [1.807, 2.05) is 118 Å². The summed E-state index contributed by atoms with van der Waals surface area (Å²) in [6, 6.07) is 28.3. The molecule has 4 aliphatic heterocycles. The van der Waals surface area contributed by atoms with Crippen LogP contribution in [-0.4, -0.2) is 103 Å². The Bertz CT molecular complexity index is 3520. The fourth-order valence-electron chi connectivity index (χ4n) is 11.9. The molecule has 4 heterocycles. The predicted octanol–water partition coefficient (Wildman–Crippen LogP) is 10.9. The summed E-state index contributed by atoms with van der Waals surface area (Å²) in [6.07, 6.45) is 3.35. The first-order valence-electron chi connectivity index (χ1n) is 29.1.